The topological polar surface area (TPSA) is 29.1 Å². The molecule has 0 aliphatic heterocycles. The van der Waals surface area contributed by atoms with E-state index < -0.39 is 5.82 Å². The molecule has 1 aromatic rings. The van der Waals surface area contributed by atoms with E-state index in [0.717, 1.165) is 18.2 Å². The zero-order valence-electron chi connectivity index (χ0n) is 8.60. The van der Waals surface area contributed by atoms with Gasteiger partial charge in [-0.2, -0.15) is 0 Å². The highest BCUT2D eigenvalue weighted by Gasteiger charge is 2.04. The van der Waals surface area contributed by atoms with Gasteiger partial charge in [0.2, 0.25) is 5.91 Å². The average molecular weight is 309 g/mol. The van der Waals surface area contributed by atoms with Crippen LogP contribution in [0.1, 0.15) is 19.3 Å². The molecule has 0 aromatic heterocycles. The second-order valence-corrected chi connectivity index (χ2v) is 4.52. The second-order valence-electron chi connectivity index (χ2n) is 3.32. The standard InChI is InChI=1S/C11H12BrClFNO/c12-6-2-1-3-11(16)15-8-4-5-10(14)9(13)7-8/h4-5,7H,1-3,6H2,(H,15,16). The van der Waals surface area contributed by atoms with E-state index in [-0.39, 0.29) is 10.9 Å². The first-order valence-corrected chi connectivity index (χ1v) is 6.44. The molecule has 0 saturated carbocycles. The van der Waals surface area contributed by atoms with Gasteiger partial charge in [-0.15, -0.1) is 0 Å². The van der Waals surface area contributed by atoms with Gasteiger partial charge in [0.1, 0.15) is 5.82 Å². The molecule has 0 fully saturated rings. The third kappa shape index (κ3) is 4.49. The van der Waals surface area contributed by atoms with Gasteiger partial charge < -0.3 is 5.32 Å². The summed E-state index contributed by atoms with van der Waals surface area (Å²) >= 11 is 8.88. The Labute approximate surface area is 107 Å². The maximum absolute atomic E-state index is 12.8. The van der Waals surface area contributed by atoms with Gasteiger partial charge in [-0.05, 0) is 31.0 Å². The zero-order chi connectivity index (χ0) is 12.0. The summed E-state index contributed by atoms with van der Waals surface area (Å²) in [5, 5.41) is 3.57. The van der Waals surface area contributed by atoms with Crippen molar-refractivity contribution in [2.75, 3.05) is 10.6 Å². The molecular weight excluding hydrogens is 296 g/mol. The van der Waals surface area contributed by atoms with Crippen molar-refractivity contribution in [1.29, 1.82) is 0 Å². The van der Waals surface area contributed by atoms with Crippen molar-refractivity contribution in [3.05, 3.63) is 29.0 Å². The lowest BCUT2D eigenvalue weighted by Gasteiger charge is -2.05. The van der Waals surface area contributed by atoms with Crippen LogP contribution in [0.5, 0.6) is 0 Å². The molecule has 0 saturated heterocycles. The van der Waals surface area contributed by atoms with Crippen molar-refractivity contribution in [1.82, 2.24) is 0 Å². The van der Waals surface area contributed by atoms with Crippen LogP contribution < -0.4 is 5.32 Å². The number of hydrogen-bond acceptors (Lipinski definition) is 1. The Morgan fingerprint density at radius 3 is 2.81 bits per heavy atom. The molecule has 1 amide bonds. The van der Waals surface area contributed by atoms with Crippen LogP contribution >= 0.6 is 27.5 Å². The number of hydrogen-bond donors (Lipinski definition) is 1. The van der Waals surface area contributed by atoms with Crippen LogP contribution in [0.15, 0.2) is 18.2 Å². The minimum absolute atomic E-state index is 0.0123. The Balaban J connectivity index is 2.46. The monoisotopic (exact) mass is 307 g/mol. The SMILES string of the molecule is O=C(CCCCBr)Nc1ccc(F)c(Cl)c1. The minimum Gasteiger partial charge on any atom is -0.326 e. The number of anilines is 1. The predicted molar refractivity (Wildman–Crippen MR) is 67.7 cm³/mol. The van der Waals surface area contributed by atoms with Crippen LogP contribution in [0, 0.1) is 5.82 Å². The van der Waals surface area contributed by atoms with Gasteiger partial charge in [0.25, 0.3) is 0 Å². The van der Waals surface area contributed by atoms with Gasteiger partial charge >= 0.3 is 0 Å². The fourth-order valence-electron chi connectivity index (χ4n) is 1.18. The van der Waals surface area contributed by atoms with Gasteiger partial charge in [0.15, 0.2) is 0 Å². The van der Waals surface area contributed by atoms with E-state index in [2.05, 4.69) is 21.2 Å². The molecule has 0 atom stereocenters. The highest BCUT2D eigenvalue weighted by molar-refractivity contribution is 9.09. The summed E-state index contributed by atoms with van der Waals surface area (Å²) in [6, 6.07) is 4.12. The lowest BCUT2D eigenvalue weighted by atomic mass is 10.2. The summed E-state index contributed by atoms with van der Waals surface area (Å²) in [6.07, 6.45) is 2.24. The maximum Gasteiger partial charge on any atom is 0.224 e. The van der Waals surface area contributed by atoms with Crippen LogP contribution in [0.2, 0.25) is 5.02 Å². The smallest absolute Gasteiger partial charge is 0.224 e. The van der Waals surface area contributed by atoms with Gasteiger partial charge in [0, 0.05) is 17.4 Å². The van der Waals surface area contributed by atoms with Gasteiger partial charge in [-0.3, -0.25) is 4.79 Å². The normalized spacial score (nSPS) is 10.2. The number of halogens is 3. The summed E-state index contributed by atoms with van der Waals surface area (Å²) in [5.74, 6) is -0.567. The van der Waals surface area contributed by atoms with Crippen molar-refractivity contribution in [3.63, 3.8) is 0 Å². The number of amides is 1. The number of nitrogens with one attached hydrogen (secondary N) is 1. The molecule has 1 rings (SSSR count). The summed E-state index contributed by atoms with van der Waals surface area (Å²) in [4.78, 5) is 11.4. The highest BCUT2D eigenvalue weighted by Crippen LogP contribution is 2.19. The molecule has 0 unspecified atom stereocenters. The molecule has 0 aliphatic carbocycles. The molecule has 0 heterocycles. The van der Waals surface area contributed by atoms with E-state index in [0.29, 0.717) is 12.1 Å². The molecule has 0 bridgehead atoms. The first kappa shape index (κ1) is 13.5. The lowest BCUT2D eigenvalue weighted by molar-refractivity contribution is -0.116. The lowest BCUT2D eigenvalue weighted by Crippen LogP contribution is -2.11. The number of carbonyl (C=O) groups excluding carboxylic acids is 1. The summed E-state index contributed by atoms with van der Waals surface area (Å²) in [5.41, 5.74) is 0.523. The van der Waals surface area contributed by atoms with Crippen LogP contribution in [0.25, 0.3) is 0 Å². The van der Waals surface area contributed by atoms with E-state index in [9.17, 15) is 9.18 Å². The van der Waals surface area contributed by atoms with Crippen LogP contribution in [-0.4, -0.2) is 11.2 Å². The summed E-state index contributed by atoms with van der Waals surface area (Å²) in [6.45, 7) is 0. The predicted octanol–water partition coefficient (Wildman–Crippen LogP) is 3.98. The highest BCUT2D eigenvalue weighted by atomic mass is 79.9. The van der Waals surface area contributed by atoms with E-state index in [4.69, 9.17) is 11.6 Å². The molecular formula is C11H12BrClFNO. The van der Waals surface area contributed by atoms with Crippen LogP contribution in [0.3, 0.4) is 0 Å². The zero-order valence-corrected chi connectivity index (χ0v) is 10.9. The Morgan fingerprint density at radius 1 is 1.44 bits per heavy atom. The second kappa shape index (κ2) is 6.86. The fraction of sp³-hybridized carbons (Fsp3) is 0.364. The molecule has 16 heavy (non-hydrogen) atoms. The molecule has 5 heteroatoms. The Bertz CT molecular complexity index is 373. The van der Waals surface area contributed by atoms with E-state index in [1.165, 1.54) is 18.2 Å². The molecule has 2 nitrogen and oxygen atoms in total. The quantitative estimate of drug-likeness (QED) is 0.647. The molecule has 0 spiro atoms. The Morgan fingerprint density at radius 2 is 2.19 bits per heavy atom. The van der Waals surface area contributed by atoms with E-state index >= 15 is 0 Å². The molecule has 1 N–H and O–H groups in total. The Hall–Kier alpha value is -0.610. The van der Waals surface area contributed by atoms with Crippen molar-refractivity contribution in [3.8, 4) is 0 Å². The number of rotatable bonds is 5. The third-order valence-electron chi connectivity index (χ3n) is 1.99. The average Bonchev–Trinajstić information content (AvgIpc) is 2.24. The van der Waals surface area contributed by atoms with E-state index in [1.807, 2.05) is 0 Å². The number of alkyl halides is 1. The van der Waals surface area contributed by atoms with Gasteiger partial charge in [-0.1, -0.05) is 27.5 Å². The number of benzene rings is 1. The number of carbonyl (C=O) groups is 1. The van der Waals surface area contributed by atoms with E-state index in [1.54, 1.807) is 0 Å². The first-order valence-electron chi connectivity index (χ1n) is 4.94. The fourth-order valence-corrected chi connectivity index (χ4v) is 1.75. The minimum atomic E-state index is -0.487. The molecule has 0 radical (unpaired) electrons. The van der Waals surface area contributed by atoms with Crippen LogP contribution in [-0.2, 0) is 4.79 Å². The van der Waals surface area contributed by atoms with Gasteiger partial charge in [0.05, 0.1) is 5.02 Å². The van der Waals surface area contributed by atoms with Gasteiger partial charge in [-0.25, -0.2) is 4.39 Å². The number of unbranched alkanes of at least 4 members (excludes halogenated alkanes) is 1. The van der Waals surface area contributed by atoms with Crippen molar-refractivity contribution in [2.24, 2.45) is 0 Å². The Kier molecular flexibility index (Phi) is 5.77. The molecule has 1 aromatic carbocycles. The largest absolute Gasteiger partial charge is 0.326 e. The third-order valence-corrected chi connectivity index (χ3v) is 2.84. The maximum atomic E-state index is 12.8. The van der Waals surface area contributed by atoms with Crippen LogP contribution in [0.4, 0.5) is 10.1 Å². The molecule has 0 aliphatic rings. The summed E-state index contributed by atoms with van der Waals surface area (Å²) < 4.78 is 12.8. The van der Waals surface area contributed by atoms with Crippen molar-refractivity contribution in [2.45, 2.75) is 19.3 Å². The summed E-state index contributed by atoms with van der Waals surface area (Å²) in [7, 11) is 0. The van der Waals surface area contributed by atoms with Crippen molar-refractivity contribution >= 4 is 39.1 Å². The van der Waals surface area contributed by atoms with Crippen molar-refractivity contribution < 1.29 is 9.18 Å². The molecule has 88 valence electrons. The first-order chi connectivity index (χ1) is 7.63.